The quantitative estimate of drug-likeness (QED) is 0.675. The first-order valence-electron chi connectivity index (χ1n) is 3.40. The van der Waals surface area contributed by atoms with Crippen molar-refractivity contribution < 1.29 is 4.42 Å². The average molecular weight is 181 g/mol. The highest BCUT2D eigenvalue weighted by Gasteiger charge is 2.08. The summed E-state index contributed by atoms with van der Waals surface area (Å²) >= 11 is 4.11. The number of nitrogens with zero attached hydrogens (tertiary/aromatic N) is 3. The van der Waals surface area contributed by atoms with Crippen molar-refractivity contribution in [1.82, 2.24) is 14.8 Å². The van der Waals surface area contributed by atoms with Crippen molar-refractivity contribution in [3.8, 4) is 11.4 Å². The Hall–Kier alpha value is -1.23. The monoisotopic (exact) mass is 181 g/mol. The van der Waals surface area contributed by atoms with Crippen molar-refractivity contribution in [2.75, 3.05) is 0 Å². The van der Waals surface area contributed by atoms with E-state index in [-0.39, 0.29) is 0 Å². The van der Waals surface area contributed by atoms with Gasteiger partial charge in [-0.25, -0.2) is 0 Å². The fourth-order valence-corrected chi connectivity index (χ4v) is 1.10. The maximum absolute atomic E-state index is 4.93. The Kier molecular flexibility index (Phi) is 1.65. The Labute approximate surface area is 74.6 Å². The summed E-state index contributed by atoms with van der Waals surface area (Å²) in [5, 5.41) is 8.33. The molecule has 0 aliphatic heterocycles. The maximum Gasteiger partial charge on any atom is 0.188 e. The fourth-order valence-electron chi connectivity index (χ4n) is 0.964. The van der Waals surface area contributed by atoms with E-state index in [1.165, 1.54) is 0 Å². The molecule has 0 saturated carbocycles. The molecule has 2 rings (SSSR count). The second-order valence-electron chi connectivity index (χ2n) is 2.39. The highest BCUT2D eigenvalue weighted by Crippen LogP contribution is 2.18. The topological polar surface area (TPSA) is 43.9 Å². The lowest BCUT2D eigenvalue weighted by atomic mass is 10.3. The zero-order chi connectivity index (χ0) is 8.55. The molecule has 0 radical (unpaired) electrons. The van der Waals surface area contributed by atoms with Gasteiger partial charge in [0.15, 0.2) is 11.0 Å². The second-order valence-corrected chi connectivity index (χ2v) is 2.79. The van der Waals surface area contributed by atoms with Gasteiger partial charge in [0.2, 0.25) is 0 Å². The first-order chi connectivity index (χ1) is 5.79. The van der Waals surface area contributed by atoms with E-state index in [4.69, 9.17) is 4.42 Å². The maximum atomic E-state index is 4.93. The van der Waals surface area contributed by atoms with Crippen molar-refractivity contribution in [2.45, 2.75) is 5.16 Å². The molecule has 0 aliphatic rings. The summed E-state index contributed by atoms with van der Waals surface area (Å²) in [6.45, 7) is 0. The molecule has 0 spiro atoms. The van der Waals surface area contributed by atoms with Gasteiger partial charge in [0, 0.05) is 7.05 Å². The largest absolute Gasteiger partial charge is 0.472 e. The van der Waals surface area contributed by atoms with Crippen LogP contribution in [0.25, 0.3) is 11.4 Å². The van der Waals surface area contributed by atoms with Crippen LogP contribution in [0.15, 0.2) is 28.2 Å². The first kappa shape index (κ1) is 7.42. The smallest absolute Gasteiger partial charge is 0.188 e. The SMILES string of the molecule is Cn1c(S)nnc1-c1ccoc1. The van der Waals surface area contributed by atoms with Crippen molar-refractivity contribution >= 4 is 12.6 Å². The van der Waals surface area contributed by atoms with Gasteiger partial charge in [-0.05, 0) is 6.07 Å². The molecule has 2 aromatic heterocycles. The number of thiol groups is 1. The van der Waals surface area contributed by atoms with E-state index in [0.717, 1.165) is 11.4 Å². The van der Waals surface area contributed by atoms with Crippen LogP contribution in [0.3, 0.4) is 0 Å². The number of furan rings is 1. The minimum atomic E-state index is 0.589. The van der Waals surface area contributed by atoms with Crippen LogP contribution >= 0.6 is 12.6 Å². The van der Waals surface area contributed by atoms with E-state index in [2.05, 4.69) is 22.8 Å². The minimum Gasteiger partial charge on any atom is -0.472 e. The molecule has 0 N–H and O–H groups in total. The van der Waals surface area contributed by atoms with Crippen LogP contribution in [0.4, 0.5) is 0 Å². The van der Waals surface area contributed by atoms with Gasteiger partial charge < -0.3 is 8.98 Å². The highest BCUT2D eigenvalue weighted by atomic mass is 32.1. The van der Waals surface area contributed by atoms with Gasteiger partial charge in [-0.2, -0.15) is 0 Å². The van der Waals surface area contributed by atoms with E-state index in [1.54, 1.807) is 17.1 Å². The number of hydrogen-bond donors (Lipinski definition) is 1. The van der Waals surface area contributed by atoms with E-state index in [1.807, 2.05) is 13.1 Å². The molecule has 0 bridgehead atoms. The molecule has 0 saturated heterocycles. The Bertz CT molecular complexity index is 379. The molecule has 4 nitrogen and oxygen atoms in total. The van der Waals surface area contributed by atoms with Crippen molar-refractivity contribution in [3.05, 3.63) is 18.6 Å². The Balaban J connectivity index is 2.55. The normalized spacial score (nSPS) is 10.5. The van der Waals surface area contributed by atoms with Crippen LogP contribution < -0.4 is 0 Å². The summed E-state index contributed by atoms with van der Waals surface area (Å²) in [6.07, 6.45) is 3.22. The van der Waals surface area contributed by atoms with Crippen LogP contribution in [0.2, 0.25) is 0 Å². The molecule has 62 valence electrons. The van der Waals surface area contributed by atoms with Gasteiger partial charge in [-0.1, -0.05) is 0 Å². The summed E-state index contributed by atoms with van der Waals surface area (Å²) < 4.78 is 6.71. The number of hydrogen-bond acceptors (Lipinski definition) is 4. The minimum absolute atomic E-state index is 0.589. The molecule has 12 heavy (non-hydrogen) atoms. The zero-order valence-electron chi connectivity index (χ0n) is 6.43. The molecule has 0 atom stereocenters. The predicted molar refractivity (Wildman–Crippen MR) is 46.0 cm³/mol. The molecule has 2 aromatic rings. The average Bonchev–Trinajstić information content (AvgIpc) is 2.64. The van der Waals surface area contributed by atoms with Crippen LogP contribution in [-0.2, 0) is 7.05 Å². The summed E-state index contributed by atoms with van der Waals surface area (Å²) in [5.74, 6) is 0.758. The van der Waals surface area contributed by atoms with Crippen molar-refractivity contribution in [2.24, 2.45) is 7.05 Å². The molecule has 0 aliphatic carbocycles. The molecule has 2 heterocycles. The first-order valence-corrected chi connectivity index (χ1v) is 3.84. The lowest BCUT2D eigenvalue weighted by Gasteiger charge is -1.95. The van der Waals surface area contributed by atoms with Gasteiger partial charge in [0.05, 0.1) is 11.8 Å². The van der Waals surface area contributed by atoms with Gasteiger partial charge in [-0.3, -0.25) is 0 Å². The second kappa shape index (κ2) is 2.67. The lowest BCUT2D eigenvalue weighted by Crippen LogP contribution is -1.91. The summed E-state index contributed by atoms with van der Waals surface area (Å²) in [5.41, 5.74) is 0.908. The van der Waals surface area contributed by atoms with Gasteiger partial charge in [0.1, 0.15) is 6.26 Å². The summed E-state index contributed by atoms with van der Waals surface area (Å²) in [7, 11) is 1.85. The Morgan fingerprint density at radius 1 is 1.50 bits per heavy atom. The van der Waals surface area contributed by atoms with E-state index < -0.39 is 0 Å². The van der Waals surface area contributed by atoms with Crippen molar-refractivity contribution in [3.63, 3.8) is 0 Å². The molecule has 0 unspecified atom stereocenters. The third-order valence-electron chi connectivity index (χ3n) is 1.63. The van der Waals surface area contributed by atoms with Gasteiger partial charge in [0.25, 0.3) is 0 Å². The number of rotatable bonds is 1. The molecule has 0 amide bonds. The van der Waals surface area contributed by atoms with E-state index in [0.29, 0.717) is 5.16 Å². The van der Waals surface area contributed by atoms with Crippen LogP contribution in [0.5, 0.6) is 0 Å². The standard InChI is InChI=1S/C7H7N3OS/c1-10-6(8-9-7(10)12)5-2-3-11-4-5/h2-4H,1H3,(H,9,12). The molecule has 5 heteroatoms. The van der Waals surface area contributed by atoms with Crippen molar-refractivity contribution in [1.29, 1.82) is 0 Å². The van der Waals surface area contributed by atoms with Gasteiger partial charge >= 0.3 is 0 Å². The zero-order valence-corrected chi connectivity index (χ0v) is 7.32. The van der Waals surface area contributed by atoms with Crippen LogP contribution in [0, 0.1) is 0 Å². The predicted octanol–water partition coefficient (Wildman–Crippen LogP) is 1.36. The van der Waals surface area contributed by atoms with E-state index in [9.17, 15) is 0 Å². The third kappa shape index (κ3) is 1.02. The Morgan fingerprint density at radius 2 is 2.33 bits per heavy atom. The third-order valence-corrected chi connectivity index (χ3v) is 2.02. The summed E-state index contributed by atoms with van der Waals surface area (Å²) in [4.78, 5) is 0. The highest BCUT2D eigenvalue weighted by molar-refractivity contribution is 7.80. The fraction of sp³-hybridized carbons (Fsp3) is 0.143. The van der Waals surface area contributed by atoms with E-state index >= 15 is 0 Å². The Morgan fingerprint density at radius 3 is 2.83 bits per heavy atom. The van der Waals surface area contributed by atoms with Gasteiger partial charge in [-0.15, -0.1) is 22.8 Å². The molecular weight excluding hydrogens is 174 g/mol. The molecule has 0 aromatic carbocycles. The summed E-state index contributed by atoms with van der Waals surface area (Å²) in [6, 6.07) is 1.83. The number of aromatic nitrogens is 3. The lowest BCUT2D eigenvalue weighted by molar-refractivity contribution is 0.567. The van der Waals surface area contributed by atoms with Crippen LogP contribution in [0.1, 0.15) is 0 Å². The van der Waals surface area contributed by atoms with Crippen LogP contribution in [-0.4, -0.2) is 14.8 Å². The molecule has 0 fully saturated rings. The molecular formula is C7H7N3OS.